The zero-order valence-corrected chi connectivity index (χ0v) is 16.7. The van der Waals surface area contributed by atoms with Crippen molar-refractivity contribution in [3.05, 3.63) is 53.6 Å². The number of carbonyl (C=O) groups excluding carboxylic acids is 1. The fraction of sp³-hybridized carbons (Fsp3) is 0.476. The molecule has 2 N–H and O–H groups in total. The van der Waals surface area contributed by atoms with Crippen LogP contribution in [0.4, 0.5) is 0 Å². The summed E-state index contributed by atoms with van der Waals surface area (Å²) in [6.07, 6.45) is 8.22. The SMILES string of the molecule is C=CC[N+]1(C)CCC23c4c5ccc(C(N)=O)c4OC2C(OP)C=CC3C1C5. The molecule has 2 aliphatic carbocycles. The number of carbonyl (C=O) groups is 1. The third-order valence-electron chi connectivity index (χ3n) is 7.51. The highest BCUT2D eigenvalue weighted by Gasteiger charge is 2.68. The summed E-state index contributed by atoms with van der Waals surface area (Å²) in [5.74, 6) is 0.624. The first-order chi connectivity index (χ1) is 13.0. The number of benzene rings is 1. The van der Waals surface area contributed by atoms with Crippen molar-refractivity contribution < 1.29 is 18.5 Å². The van der Waals surface area contributed by atoms with Crippen LogP contribution in [0.5, 0.6) is 5.75 Å². The maximum absolute atomic E-state index is 12.1. The van der Waals surface area contributed by atoms with Gasteiger partial charge in [0.15, 0.2) is 0 Å². The Morgan fingerprint density at radius 2 is 2.33 bits per heavy atom. The molecule has 27 heavy (non-hydrogen) atoms. The average Bonchev–Trinajstić information content (AvgIpc) is 2.99. The number of hydrogen-bond acceptors (Lipinski definition) is 3. The van der Waals surface area contributed by atoms with Crippen molar-refractivity contribution >= 4 is 15.4 Å². The smallest absolute Gasteiger partial charge is 0.252 e. The van der Waals surface area contributed by atoms with Gasteiger partial charge in [0.25, 0.3) is 5.91 Å². The van der Waals surface area contributed by atoms with Gasteiger partial charge in [-0.25, -0.2) is 0 Å². The van der Waals surface area contributed by atoms with E-state index in [1.807, 2.05) is 12.1 Å². The first-order valence-corrected chi connectivity index (χ1v) is 10.0. The summed E-state index contributed by atoms with van der Waals surface area (Å²) in [6.45, 7) is 6.02. The number of nitrogens with two attached hydrogens (primary N) is 1. The summed E-state index contributed by atoms with van der Waals surface area (Å²) in [7, 11) is 4.73. The van der Waals surface area contributed by atoms with Gasteiger partial charge in [0.2, 0.25) is 0 Å². The monoisotopic (exact) mass is 385 g/mol. The van der Waals surface area contributed by atoms with Gasteiger partial charge in [-0.3, -0.25) is 4.79 Å². The molecule has 1 aromatic rings. The minimum atomic E-state index is -0.430. The Balaban J connectivity index is 1.77. The molecule has 6 heteroatoms. The van der Waals surface area contributed by atoms with Crippen LogP contribution in [0.1, 0.15) is 27.9 Å². The summed E-state index contributed by atoms with van der Waals surface area (Å²) in [4.78, 5) is 12.1. The Hall–Kier alpha value is -1.68. The Labute approximate surface area is 162 Å². The molecule has 2 bridgehead atoms. The number of likely N-dealkylation sites (N-methyl/N-ethyl adjacent to an activating group) is 1. The van der Waals surface area contributed by atoms with Crippen LogP contribution in [0.3, 0.4) is 0 Å². The molecule has 0 radical (unpaired) electrons. The lowest BCUT2D eigenvalue weighted by Crippen LogP contribution is -2.71. The van der Waals surface area contributed by atoms with Crippen LogP contribution in [0.15, 0.2) is 36.9 Å². The van der Waals surface area contributed by atoms with Gasteiger partial charge in [-0.1, -0.05) is 24.8 Å². The molecule has 1 spiro atoms. The molecule has 0 aromatic heterocycles. The van der Waals surface area contributed by atoms with Gasteiger partial charge in [0.05, 0.1) is 31.1 Å². The first kappa shape index (κ1) is 17.4. The fourth-order valence-electron chi connectivity index (χ4n) is 6.32. The van der Waals surface area contributed by atoms with E-state index in [1.54, 1.807) is 0 Å². The van der Waals surface area contributed by atoms with Crippen LogP contribution in [0.25, 0.3) is 0 Å². The number of amides is 1. The van der Waals surface area contributed by atoms with Gasteiger partial charge in [0.1, 0.15) is 24.0 Å². The van der Waals surface area contributed by atoms with Crippen molar-refractivity contribution in [2.75, 3.05) is 20.1 Å². The molecule has 1 fully saturated rings. The van der Waals surface area contributed by atoms with Crippen molar-refractivity contribution in [2.45, 2.75) is 36.5 Å². The highest BCUT2D eigenvalue weighted by molar-refractivity contribution is 7.09. The first-order valence-electron chi connectivity index (χ1n) is 9.58. The van der Waals surface area contributed by atoms with E-state index in [-0.39, 0.29) is 17.6 Å². The van der Waals surface area contributed by atoms with Crippen LogP contribution in [-0.4, -0.2) is 48.8 Å². The summed E-state index contributed by atoms with van der Waals surface area (Å²) < 4.78 is 13.2. The Morgan fingerprint density at radius 1 is 1.52 bits per heavy atom. The molecule has 1 amide bonds. The molecular formula is C21H26N2O3P+. The third kappa shape index (κ3) is 2.03. The molecule has 1 saturated heterocycles. The number of hydrogen-bond donors (Lipinski definition) is 1. The van der Waals surface area contributed by atoms with E-state index in [2.05, 4.69) is 41.3 Å². The van der Waals surface area contributed by atoms with E-state index in [0.29, 0.717) is 23.3 Å². The predicted octanol–water partition coefficient (Wildman–Crippen LogP) is 2.11. The normalized spacial score (nSPS) is 40.2. The van der Waals surface area contributed by atoms with Gasteiger partial charge in [-0.15, -0.1) is 0 Å². The number of primary amides is 1. The number of piperidine rings is 1. The van der Waals surface area contributed by atoms with Crippen LogP contribution >= 0.6 is 9.47 Å². The highest BCUT2D eigenvalue weighted by Crippen LogP contribution is 2.62. The standard InChI is InChI=1S/C21H25N2O3P/c1-3-9-23(2)10-8-21-14-6-7-16(26-27)19(21)25-18-13(20(22)24)5-4-12(17(18)21)11-15(14)23/h3-7,14-16,19H,1,8-11,27H2,2H3,(H-,22,24)/p+1. The quantitative estimate of drug-likeness (QED) is 0.491. The maximum Gasteiger partial charge on any atom is 0.252 e. The zero-order valence-electron chi connectivity index (χ0n) is 15.6. The van der Waals surface area contributed by atoms with E-state index in [1.165, 1.54) is 11.1 Å². The summed E-state index contributed by atoms with van der Waals surface area (Å²) in [5, 5.41) is 0. The second kappa shape index (κ2) is 5.66. The number of quaternary nitrogens is 1. The second-order valence-electron chi connectivity index (χ2n) is 8.63. The number of rotatable bonds is 4. The van der Waals surface area contributed by atoms with E-state index in [4.69, 9.17) is 15.0 Å². The highest BCUT2D eigenvalue weighted by atomic mass is 31.0. The molecule has 5 nitrogen and oxygen atoms in total. The van der Waals surface area contributed by atoms with E-state index in [0.717, 1.165) is 30.4 Å². The van der Waals surface area contributed by atoms with Crippen LogP contribution in [-0.2, 0) is 16.4 Å². The molecule has 0 saturated carbocycles. The van der Waals surface area contributed by atoms with Gasteiger partial charge >= 0.3 is 0 Å². The van der Waals surface area contributed by atoms with Crippen molar-refractivity contribution in [1.29, 1.82) is 0 Å². The molecule has 2 aliphatic heterocycles. The van der Waals surface area contributed by atoms with Crippen LogP contribution in [0, 0.1) is 5.92 Å². The summed E-state index contributed by atoms with van der Waals surface area (Å²) in [6, 6.07) is 4.39. The number of likely N-dealkylation sites (tertiary alicyclic amines) is 1. The molecule has 7 unspecified atom stereocenters. The average molecular weight is 385 g/mol. The summed E-state index contributed by atoms with van der Waals surface area (Å²) >= 11 is 0. The number of ether oxygens (including phenoxy) is 1. The molecule has 2 heterocycles. The third-order valence-corrected chi connectivity index (χ3v) is 7.83. The lowest BCUT2D eigenvalue weighted by Gasteiger charge is -2.59. The van der Waals surface area contributed by atoms with Gasteiger partial charge in [-0.05, 0) is 17.7 Å². The maximum atomic E-state index is 12.1. The van der Waals surface area contributed by atoms with Gasteiger partial charge < -0.3 is 19.5 Å². The van der Waals surface area contributed by atoms with Gasteiger partial charge in [0, 0.05) is 33.8 Å². The molecule has 1 aromatic carbocycles. The van der Waals surface area contributed by atoms with Crippen LogP contribution in [0.2, 0.25) is 0 Å². The van der Waals surface area contributed by atoms with Crippen LogP contribution < -0.4 is 10.5 Å². The lowest BCUT2D eigenvalue weighted by molar-refractivity contribution is -0.938. The van der Waals surface area contributed by atoms with Gasteiger partial charge in [-0.2, -0.15) is 0 Å². The van der Waals surface area contributed by atoms with Crippen molar-refractivity contribution in [2.24, 2.45) is 11.7 Å². The predicted molar refractivity (Wildman–Crippen MR) is 106 cm³/mol. The minimum Gasteiger partial charge on any atom is -0.485 e. The molecule has 5 rings (SSSR count). The Bertz CT molecular complexity index is 884. The van der Waals surface area contributed by atoms with Crippen molar-refractivity contribution in [1.82, 2.24) is 0 Å². The van der Waals surface area contributed by atoms with E-state index in [9.17, 15) is 4.79 Å². The van der Waals surface area contributed by atoms with E-state index >= 15 is 0 Å². The largest absolute Gasteiger partial charge is 0.485 e. The second-order valence-corrected chi connectivity index (χ2v) is 8.90. The Kier molecular flexibility index (Phi) is 3.65. The fourth-order valence-corrected chi connectivity index (χ4v) is 6.56. The molecule has 7 atom stereocenters. The zero-order chi connectivity index (χ0) is 19.0. The molecule has 142 valence electrons. The lowest BCUT2D eigenvalue weighted by atomic mass is 9.52. The molecule has 4 aliphatic rings. The summed E-state index contributed by atoms with van der Waals surface area (Å²) in [5.41, 5.74) is 8.53. The van der Waals surface area contributed by atoms with Crippen molar-refractivity contribution in [3.8, 4) is 5.75 Å². The van der Waals surface area contributed by atoms with E-state index < -0.39 is 5.91 Å². The number of nitrogens with zero attached hydrogens (tertiary/aromatic N) is 1. The Morgan fingerprint density at radius 3 is 3.04 bits per heavy atom. The topological polar surface area (TPSA) is 61.6 Å². The minimum absolute atomic E-state index is 0.125. The van der Waals surface area contributed by atoms with Crippen molar-refractivity contribution in [3.63, 3.8) is 0 Å². The molecular weight excluding hydrogens is 359 g/mol.